The molecule has 0 aromatic rings. The molecule has 69 heavy (non-hydrogen) atoms. The molecule has 0 aliphatic heterocycles. The van der Waals surface area contributed by atoms with Crippen LogP contribution in [-0.4, -0.2) is 147 Å². The molecule has 0 amide bonds. The molecule has 4 rings (SSSR count). The van der Waals surface area contributed by atoms with E-state index in [4.69, 9.17) is 37.9 Å². The van der Waals surface area contributed by atoms with Crippen molar-refractivity contribution in [1.29, 1.82) is 0 Å². The van der Waals surface area contributed by atoms with Crippen LogP contribution in [0.25, 0.3) is 0 Å². The zero-order chi connectivity index (χ0) is 50.7. The lowest BCUT2D eigenvalue weighted by molar-refractivity contribution is -0.185. The zero-order valence-corrected chi connectivity index (χ0v) is 40.7. The van der Waals surface area contributed by atoms with Gasteiger partial charge in [0.15, 0.2) is 0 Å². The Hall–Kier alpha value is -4.40. The fourth-order valence-corrected chi connectivity index (χ4v) is 10.3. The Bertz CT molecular complexity index is 1470. The van der Waals surface area contributed by atoms with E-state index < -0.39 is 153 Å². The Labute approximate surface area is 404 Å². The van der Waals surface area contributed by atoms with Crippen LogP contribution in [-0.2, 0) is 76.3 Å². The van der Waals surface area contributed by atoms with Gasteiger partial charge >= 0.3 is 47.8 Å². The minimum atomic E-state index is -1.87. The van der Waals surface area contributed by atoms with Crippen LogP contribution in [0.1, 0.15) is 105 Å². The largest absolute Gasteiger partial charge is 0.464 e. The number of hydrogen-bond donors (Lipinski definition) is 4. The highest BCUT2D eigenvalue weighted by Gasteiger charge is 2.48. The maximum Gasteiger partial charge on any atom is 0.309 e. The highest BCUT2D eigenvalue weighted by molar-refractivity contribution is 5.85. The van der Waals surface area contributed by atoms with Crippen LogP contribution >= 0.6 is 0 Å². The maximum atomic E-state index is 14.2. The number of carbonyl (C=O) groups excluding carboxylic acids is 8. The molecule has 0 aromatic heterocycles. The van der Waals surface area contributed by atoms with Gasteiger partial charge in [-0.2, -0.15) is 0 Å². The van der Waals surface area contributed by atoms with E-state index in [1.807, 2.05) is 27.7 Å². The second kappa shape index (κ2) is 28.4. The number of aliphatic hydroxyl groups is 4. The third-order valence-electron chi connectivity index (χ3n) is 14.3. The van der Waals surface area contributed by atoms with Crippen molar-refractivity contribution in [1.82, 2.24) is 0 Å². The first-order valence-corrected chi connectivity index (χ1v) is 24.7. The Balaban J connectivity index is 1.73. The van der Waals surface area contributed by atoms with Crippen molar-refractivity contribution < 1.29 is 96.7 Å². The van der Waals surface area contributed by atoms with Gasteiger partial charge < -0.3 is 58.3 Å². The molecule has 0 aromatic carbocycles. The monoisotopic (exact) mass is 984 g/mol. The Morgan fingerprint density at radius 3 is 0.696 bits per heavy atom. The molecule has 4 saturated carbocycles. The third kappa shape index (κ3) is 16.9. The molecule has 392 valence electrons. The lowest BCUT2D eigenvalue weighted by atomic mass is 9.74. The first kappa shape index (κ1) is 57.2. The van der Waals surface area contributed by atoms with Crippen LogP contribution in [0.4, 0.5) is 0 Å². The van der Waals surface area contributed by atoms with Gasteiger partial charge in [0.2, 0.25) is 0 Å². The SMILES string of the molecule is CC1CCC(C(=O)OCC(COC(=O)C2CCC(C)CC2C(=O)OCCO)(COC(=O)C2CCC(C)CC2C(=O)OCCO)COC(=O)C2CCC(C)CC2C(=O)OCCO)C(C(=O)OCCO)C1. The van der Waals surface area contributed by atoms with Crippen molar-refractivity contribution in [3.8, 4) is 0 Å². The zero-order valence-electron chi connectivity index (χ0n) is 40.7. The van der Waals surface area contributed by atoms with Crippen molar-refractivity contribution in [2.75, 3.05) is 79.3 Å². The Morgan fingerprint density at radius 1 is 0.319 bits per heavy atom. The van der Waals surface area contributed by atoms with E-state index in [0.29, 0.717) is 25.7 Å². The first-order valence-electron chi connectivity index (χ1n) is 24.7. The molecule has 4 aliphatic rings. The molecule has 4 aliphatic carbocycles. The summed E-state index contributed by atoms with van der Waals surface area (Å²) in [5.41, 5.74) is -1.87. The first-order chi connectivity index (χ1) is 33.0. The Kier molecular flexibility index (Phi) is 23.6. The molecule has 0 radical (unpaired) electrons. The molecule has 0 saturated heterocycles. The van der Waals surface area contributed by atoms with Crippen molar-refractivity contribution in [3.63, 3.8) is 0 Å². The fraction of sp³-hybridized carbons (Fsp3) is 0.837. The van der Waals surface area contributed by atoms with Crippen molar-refractivity contribution in [2.45, 2.75) is 105 Å². The summed E-state index contributed by atoms with van der Waals surface area (Å²) in [6.45, 7) is 2.03. The molecule has 12 atom stereocenters. The van der Waals surface area contributed by atoms with E-state index in [1.54, 1.807) is 0 Å². The summed E-state index contributed by atoms with van der Waals surface area (Å²) in [6, 6.07) is 0. The van der Waals surface area contributed by atoms with E-state index in [9.17, 15) is 58.8 Å². The van der Waals surface area contributed by atoms with Crippen LogP contribution in [0.2, 0.25) is 0 Å². The number of rotatable bonds is 24. The molecule has 0 spiro atoms. The predicted octanol–water partition coefficient (Wildman–Crippen LogP) is 2.50. The highest BCUT2D eigenvalue weighted by Crippen LogP contribution is 2.40. The number of ether oxygens (including phenoxy) is 8. The fourth-order valence-electron chi connectivity index (χ4n) is 10.3. The molecule has 12 unspecified atom stereocenters. The van der Waals surface area contributed by atoms with Crippen molar-refractivity contribution in [3.05, 3.63) is 0 Å². The summed E-state index contributed by atoms with van der Waals surface area (Å²) in [4.78, 5) is 110. The topological polar surface area (TPSA) is 291 Å². The summed E-state index contributed by atoms with van der Waals surface area (Å²) < 4.78 is 44.9. The van der Waals surface area contributed by atoms with Crippen LogP contribution in [0, 0.1) is 76.4 Å². The van der Waals surface area contributed by atoms with Gasteiger partial charge in [0.05, 0.1) is 73.8 Å². The minimum absolute atomic E-state index is 0.0469. The molecule has 0 bridgehead atoms. The lowest BCUT2D eigenvalue weighted by Gasteiger charge is -2.37. The Morgan fingerprint density at radius 2 is 0.507 bits per heavy atom. The van der Waals surface area contributed by atoms with Crippen LogP contribution in [0.15, 0.2) is 0 Å². The second-order valence-electron chi connectivity index (χ2n) is 20.0. The van der Waals surface area contributed by atoms with Crippen LogP contribution < -0.4 is 0 Å². The smallest absolute Gasteiger partial charge is 0.309 e. The summed E-state index contributed by atoms with van der Waals surface area (Å²) >= 11 is 0. The molecule has 4 N–H and O–H groups in total. The summed E-state index contributed by atoms with van der Waals surface area (Å²) in [7, 11) is 0. The predicted molar refractivity (Wildman–Crippen MR) is 238 cm³/mol. The average molecular weight is 985 g/mol. The van der Waals surface area contributed by atoms with Gasteiger partial charge in [-0.3, -0.25) is 38.4 Å². The van der Waals surface area contributed by atoms with E-state index in [2.05, 4.69) is 0 Å². The maximum absolute atomic E-state index is 14.2. The van der Waals surface area contributed by atoms with Gasteiger partial charge in [0, 0.05) is 0 Å². The molecular formula is C49H76O20. The van der Waals surface area contributed by atoms with Crippen molar-refractivity contribution >= 4 is 47.8 Å². The molecule has 20 nitrogen and oxygen atoms in total. The van der Waals surface area contributed by atoms with E-state index in [0.717, 1.165) is 0 Å². The normalized spacial score (nSPS) is 30.0. The van der Waals surface area contributed by atoms with Gasteiger partial charge in [0.1, 0.15) is 58.3 Å². The van der Waals surface area contributed by atoms with Gasteiger partial charge in [0.25, 0.3) is 0 Å². The number of aliphatic hydroxyl groups excluding tert-OH is 4. The standard InChI is InChI=1S/C49H76O20/c1-29-5-9-33(37(21-29)45(58)62-17-13-50)41(54)66-25-49(26-67-42(55)34-10-6-30(2)22-38(34)46(59)63-18-14-51,27-68-43(56)35-11-7-31(3)23-39(35)47(60)64-19-15-52)28-69-44(57)36-12-8-32(4)24-40(36)48(61)65-20-16-53/h29-40,50-53H,5-28H2,1-4H3. The van der Waals surface area contributed by atoms with Crippen molar-refractivity contribution in [2.24, 2.45) is 76.4 Å². The number of carbonyl (C=O) groups is 8. The van der Waals surface area contributed by atoms with Gasteiger partial charge in [-0.15, -0.1) is 0 Å². The number of esters is 8. The summed E-state index contributed by atoms with van der Waals surface area (Å²) in [5.74, 6) is -13.7. The summed E-state index contributed by atoms with van der Waals surface area (Å²) in [5, 5.41) is 37.3. The van der Waals surface area contributed by atoms with E-state index in [-0.39, 0.29) is 101 Å². The highest BCUT2D eigenvalue weighted by atomic mass is 16.6. The quantitative estimate of drug-likeness (QED) is 0.0798. The molecule has 0 heterocycles. The van der Waals surface area contributed by atoms with Crippen LogP contribution in [0.3, 0.4) is 0 Å². The lowest BCUT2D eigenvalue weighted by Crippen LogP contribution is -2.48. The second-order valence-corrected chi connectivity index (χ2v) is 20.0. The molecular weight excluding hydrogens is 909 g/mol. The average Bonchev–Trinajstić information content (AvgIpc) is 3.34. The number of hydrogen-bond acceptors (Lipinski definition) is 20. The van der Waals surface area contributed by atoms with E-state index in [1.165, 1.54) is 0 Å². The van der Waals surface area contributed by atoms with Gasteiger partial charge in [-0.1, -0.05) is 27.7 Å². The summed E-state index contributed by atoms with van der Waals surface area (Å²) in [6.07, 6.45) is 4.34. The third-order valence-corrected chi connectivity index (χ3v) is 14.3. The molecule has 4 fully saturated rings. The van der Waals surface area contributed by atoms with Gasteiger partial charge in [-0.05, 0) is 101 Å². The minimum Gasteiger partial charge on any atom is -0.464 e. The van der Waals surface area contributed by atoms with E-state index >= 15 is 0 Å². The molecule has 20 heteroatoms. The van der Waals surface area contributed by atoms with Crippen LogP contribution in [0.5, 0.6) is 0 Å². The van der Waals surface area contributed by atoms with Gasteiger partial charge in [-0.25, -0.2) is 0 Å².